The second-order valence-corrected chi connectivity index (χ2v) is 7.75. The quantitative estimate of drug-likeness (QED) is 0.432. The molecule has 1 atom stereocenters. The SMILES string of the molecule is O=C(Nc1nc2cc(F)ccc2s1)c1ccc(-c2ncc([C@H](O)CO)cc2Cl)nc1. The van der Waals surface area contributed by atoms with Gasteiger partial charge in [0, 0.05) is 24.0 Å². The Morgan fingerprint density at radius 1 is 1.20 bits per heavy atom. The molecule has 0 fully saturated rings. The summed E-state index contributed by atoms with van der Waals surface area (Å²) in [5.41, 5.74) is 1.98. The lowest BCUT2D eigenvalue weighted by Gasteiger charge is -2.10. The van der Waals surface area contributed by atoms with E-state index in [0.717, 1.165) is 4.70 Å². The molecule has 7 nitrogen and oxygen atoms in total. The van der Waals surface area contributed by atoms with E-state index in [2.05, 4.69) is 20.3 Å². The first-order valence-corrected chi connectivity index (χ1v) is 9.92. The van der Waals surface area contributed by atoms with Crippen LogP contribution in [0.2, 0.25) is 5.02 Å². The lowest BCUT2D eigenvalue weighted by molar-refractivity contribution is 0.0953. The molecule has 0 unspecified atom stereocenters. The second-order valence-electron chi connectivity index (χ2n) is 6.31. The smallest absolute Gasteiger partial charge is 0.259 e. The van der Waals surface area contributed by atoms with Gasteiger partial charge in [0.25, 0.3) is 5.91 Å². The highest BCUT2D eigenvalue weighted by Gasteiger charge is 2.14. The molecule has 0 radical (unpaired) electrons. The number of aliphatic hydroxyl groups is 2. The summed E-state index contributed by atoms with van der Waals surface area (Å²) in [6.45, 7) is -0.441. The van der Waals surface area contributed by atoms with Crippen LogP contribution >= 0.6 is 22.9 Å². The van der Waals surface area contributed by atoms with Crippen molar-refractivity contribution in [1.29, 1.82) is 0 Å². The maximum atomic E-state index is 13.3. The predicted octanol–water partition coefficient (Wildman–Crippen LogP) is 3.82. The van der Waals surface area contributed by atoms with Crippen LogP contribution in [0.4, 0.5) is 9.52 Å². The summed E-state index contributed by atoms with van der Waals surface area (Å²) in [5.74, 6) is -0.800. The minimum Gasteiger partial charge on any atom is -0.393 e. The highest BCUT2D eigenvalue weighted by Crippen LogP contribution is 2.28. The molecule has 3 N–H and O–H groups in total. The van der Waals surface area contributed by atoms with E-state index in [4.69, 9.17) is 16.7 Å². The van der Waals surface area contributed by atoms with Gasteiger partial charge in [-0.15, -0.1) is 0 Å². The van der Waals surface area contributed by atoms with Crippen LogP contribution in [-0.2, 0) is 0 Å². The summed E-state index contributed by atoms with van der Waals surface area (Å²) in [6, 6.07) is 8.92. The molecule has 0 saturated heterocycles. The molecular weight excluding hydrogens is 431 g/mol. The molecule has 30 heavy (non-hydrogen) atoms. The average molecular weight is 445 g/mol. The van der Waals surface area contributed by atoms with Crippen molar-refractivity contribution in [3.05, 3.63) is 70.8 Å². The number of hydrogen-bond donors (Lipinski definition) is 3. The van der Waals surface area contributed by atoms with Gasteiger partial charge >= 0.3 is 0 Å². The van der Waals surface area contributed by atoms with Crippen molar-refractivity contribution in [3.63, 3.8) is 0 Å². The number of anilines is 1. The first kappa shape index (κ1) is 20.3. The first-order valence-electron chi connectivity index (χ1n) is 8.73. The number of benzene rings is 1. The zero-order chi connectivity index (χ0) is 21.3. The summed E-state index contributed by atoms with van der Waals surface area (Å²) in [4.78, 5) is 25.1. The molecule has 1 amide bonds. The Labute approximate surface area is 178 Å². The van der Waals surface area contributed by atoms with E-state index >= 15 is 0 Å². The van der Waals surface area contributed by atoms with Gasteiger partial charge in [-0.1, -0.05) is 22.9 Å². The number of nitrogens with one attached hydrogen (secondary N) is 1. The highest BCUT2D eigenvalue weighted by molar-refractivity contribution is 7.22. The third kappa shape index (κ3) is 4.14. The van der Waals surface area contributed by atoms with E-state index < -0.39 is 24.4 Å². The fourth-order valence-corrected chi connectivity index (χ4v) is 3.83. The van der Waals surface area contributed by atoms with Crippen LogP contribution in [0.25, 0.3) is 21.6 Å². The monoisotopic (exact) mass is 444 g/mol. The van der Waals surface area contributed by atoms with Crippen molar-refractivity contribution in [3.8, 4) is 11.4 Å². The number of rotatable bonds is 5. The number of aromatic nitrogens is 3. The van der Waals surface area contributed by atoms with Crippen LogP contribution in [-0.4, -0.2) is 37.7 Å². The Balaban J connectivity index is 1.52. The van der Waals surface area contributed by atoms with Crippen molar-refractivity contribution >= 4 is 44.2 Å². The Hall–Kier alpha value is -2.98. The fraction of sp³-hybridized carbons (Fsp3) is 0.100. The van der Waals surface area contributed by atoms with Gasteiger partial charge in [0.1, 0.15) is 17.6 Å². The van der Waals surface area contributed by atoms with Crippen LogP contribution in [0.3, 0.4) is 0 Å². The number of amides is 1. The average Bonchev–Trinajstić information content (AvgIpc) is 3.14. The van der Waals surface area contributed by atoms with Crippen molar-refractivity contribution in [2.45, 2.75) is 6.10 Å². The second kappa shape index (κ2) is 8.41. The Morgan fingerprint density at radius 2 is 2.03 bits per heavy atom. The minimum absolute atomic E-state index is 0.256. The van der Waals surface area contributed by atoms with E-state index in [-0.39, 0.29) is 5.02 Å². The molecule has 3 aromatic heterocycles. The molecular formula is C20H14ClFN4O3S. The lowest BCUT2D eigenvalue weighted by Crippen LogP contribution is -2.12. The van der Waals surface area contributed by atoms with Crippen LogP contribution < -0.4 is 5.32 Å². The number of thiazole rings is 1. The maximum Gasteiger partial charge on any atom is 0.259 e. The number of fused-ring (bicyclic) bond motifs is 1. The van der Waals surface area contributed by atoms with Gasteiger partial charge in [-0.2, -0.15) is 0 Å². The molecule has 152 valence electrons. The molecule has 3 heterocycles. The van der Waals surface area contributed by atoms with E-state index in [1.807, 2.05) is 0 Å². The standard InChI is InChI=1S/C20H14ClFN4O3S/c21-13-5-11(16(28)9-27)8-24-18(13)14-3-1-10(7-23-14)19(29)26-20-25-15-6-12(22)2-4-17(15)30-20/h1-8,16,27-28H,9H2,(H,25,26,29)/t16-/m1/s1. The highest BCUT2D eigenvalue weighted by atomic mass is 35.5. The van der Waals surface area contributed by atoms with Gasteiger partial charge in [0.05, 0.1) is 33.1 Å². The number of halogens is 2. The van der Waals surface area contributed by atoms with Gasteiger partial charge in [-0.3, -0.25) is 20.1 Å². The van der Waals surface area contributed by atoms with E-state index in [1.165, 1.54) is 41.9 Å². The van der Waals surface area contributed by atoms with E-state index in [0.29, 0.717) is 33.2 Å². The molecule has 1 aromatic carbocycles. The van der Waals surface area contributed by atoms with Gasteiger partial charge < -0.3 is 10.2 Å². The predicted molar refractivity (Wildman–Crippen MR) is 112 cm³/mol. The summed E-state index contributed by atoms with van der Waals surface area (Å²) >= 11 is 7.46. The maximum absolute atomic E-state index is 13.3. The fourth-order valence-electron chi connectivity index (χ4n) is 2.72. The van der Waals surface area contributed by atoms with Crippen molar-refractivity contribution < 1.29 is 19.4 Å². The largest absolute Gasteiger partial charge is 0.393 e. The zero-order valence-electron chi connectivity index (χ0n) is 15.2. The molecule has 0 spiro atoms. The zero-order valence-corrected chi connectivity index (χ0v) is 16.8. The minimum atomic E-state index is -1.07. The number of nitrogens with zero attached hydrogens (tertiary/aromatic N) is 3. The van der Waals surface area contributed by atoms with Crippen molar-refractivity contribution in [2.75, 3.05) is 11.9 Å². The van der Waals surface area contributed by atoms with Gasteiger partial charge in [0.2, 0.25) is 0 Å². The van der Waals surface area contributed by atoms with Crippen LogP contribution in [0.5, 0.6) is 0 Å². The van der Waals surface area contributed by atoms with Crippen LogP contribution in [0, 0.1) is 5.82 Å². The Morgan fingerprint density at radius 3 is 2.73 bits per heavy atom. The third-order valence-corrected chi connectivity index (χ3v) is 5.50. The Bertz CT molecular complexity index is 1230. The van der Waals surface area contributed by atoms with Crippen LogP contribution in [0.15, 0.2) is 48.8 Å². The number of pyridine rings is 2. The molecule has 0 aliphatic rings. The molecule has 10 heteroatoms. The van der Waals surface area contributed by atoms with Gasteiger partial charge in [-0.05, 0) is 30.3 Å². The summed E-state index contributed by atoms with van der Waals surface area (Å²) < 4.78 is 14.1. The van der Waals surface area contributed by atoms with Gasteiger partial charge in [-0.25, -0.2) is 9.37 Å². The van der Waals surface area contributed by atoms with E-state index in [1.54, 1.807) is 18.2 Å². The summed E-state index contributed by atoms with van der Waals surface area (Å²) in [5, 5.41) is 22.0. The summed E-state index contributed by atoms with van der Waals surface area (Å²) in [6.07, 6.45) is 1.72. The summed E-state index contributed by atoms with van der Waals surface area (Å²) in [7, 11) is 0. The normalized spacial score (nSPS) is 12.1. The number of aliphatic hydroxyl groups excluding tert-OH is 2. The number of carbonyl (C=O) groups excluding carboxylic acids is 1. The molecule has 4 rings (SSSR count). The lowest BCUT2D eigenvalue weighted by atomic mass is 10.1. The molecule has 4 aromatic rings. The molecule has 0 aliphatic heterocycles. The topological polar surface area (TPSA) is 108 Å². The van der Waals surface area contributed by atoms with Crippen LogP contribution in [0.1, 0.15) is 22.0 Å². The molecule has 0 bridgehead atoms. The van der Waals surface area contributed by atoms with Crippen molar-refractivity contribution in [2.24, 2.45) is 0 Å². The molecule has 0 aliphatic carbocycles. The third-order valence-electron chi connectivity index (χ3n) is 4.26. The number of hydrogen-bond acceptors (Lipinski definition) is 7. The Kier molecular flexibility index (Phi) is 5.69. The number of carbonyl (C=O) groups is 1. The van der Waals surface area contributed by atoms with Crippen molar-refractivity contribution in [1.82, 2.24) is 15.0 Å². The molecule has 0 saturated carbocycles. The first-order chi connectivity index (χ1) is 14.4. The van der Waals surface area contributed by atoms with E-state index in [9.17, 15) is 14.3 Å². The van der Waals surface area contributed by atoms with Gasteiger partial charge in [0.15, 0.2) is 5.13 Å².